The number of hydrogen-bond donors (Lipinski definition) is 1. The van der Waals surface area contributed by atoms with Crippen molar-refractivity contribution in [3.8, 4) is 0 Å². The first kappa shape index (κ1) is 16.9. The van der Waals surface area contributed by atoms with Crippen molar-refractivity contribution >= 4 is 21.8 Å². The van der Waals surface area contributed by atoms with E-state index in [0.29, 0.717) is 4.47 Å². The van der Waals surface area contributed by atoms with Crippen molar-refractivity contribution in [2.75, 3.05) is 19.6 Å². The summed E-state index contributed by atoms with van der Waals surface area (Å²) in [4.78, 5) is 14.8. The maximum Gasteiger partial charge on any atom is 0.254 e. The molecular weight excluding hydrogens is 359 g/mol. The zero-order chi connectivity index (χ0) is 16.2. The number of piperidine rings is 1. The molecule has 0 atom stereocenters. The van der Waals surface area contributed by atoms with Gasteiger partial charge in [-0.1, -0.05) is 28.8 Å². The van der Waals surface area contributed by atoms with Crippen molar-refractivity contribution in [2.45, 2.75) is 44.6 Å². The van der Waals surface area contributed by atoms with E-state index in [-0.39, 0.29) is 17.5 Å². The van der Waals surface area contributed by atoms with Crippen LogP contribution in [0.3, 0.4) is 0 Å². The minimum atomic E-state index is -0.476. The van der Waals surface area contributed by atoms with Gasteiger partial charge in [-0.2, -0.15) is 0 Å². The lowest BCUT2D eigenvalue weighted by Gasteiger charge is -2.33. The van der Waals surface area contributed by atoms with Crippen LogP contribution in [-0.2, 0) is 0 Å². The fourth-order valence-corrected chi connectivity index (χ4v) is 4.09. The molecule has 1 aromatic rings. The Morgan fingerprint density at radius 1 is 1.22 bits per heavy atom. The number of likely N-dealkylation sites (tertiary alicyclic amines) is 1. The molecule has 3 nitrogen and oxygen atoms in total. The number of nitrogens with zero attached hydrogens (tertiary/aromatic N) is 1. The molecule has 1 N–H and O–H groups in total. The van der Waals surface area contributed by atoms with Gasteiger partial charge in [-0.25, -0.2) is 4.39 Å². The molecule has 0 spiro atoms. The molecule has 23 heavy (non-hydrogen) atoms. The van der Waals surface area contributed by atoms with E-state index >= 15 is 0 Å². The number of nitrogens with one attached hydrogen (secondary N) is 1. The van der Waals surface area contributed by atoms with Gasteiger partial charge in [0.1, 0.15) is 5.82 Å². The van der Waals surface area contributed by atoms with Crippen LogP contribution in [0.4, 0.5) is 4.39 Å². The van der Waals surface area contributed by atoms with Crippen LogP contribution < -0.4 is 5.32 Å². The van der Waals surface area contributed by atoms with Crippen LogP contribution in [0.2, 0.25) is 0 Å². The number of benzene rings is 1. The Bertz CT molecular complexity index is 552. The average molecular weight is 383 g/mol. The maximum atomic E-state index is 13.8. The Hall–Kier alpha value is -0.940. The molecule has 0 aromatic heterocycles. The summed E-state index contributed by atoms with van der Waals surface area (Å²) >= 11 is 3.21. The molecule has 1 saturated heterocycles. The van der Waals surface area contributed by atoms with Gasteiger partial charge >= 0.3 is 0 Å². The van der Waals surface area contributed by atoms with Crippen LogP contribution >= 0.6 is 15.9 Å². The molecule has 1 amide bonds. The highest BCUT2D eigenvalue weighted by Gasteiger charge is 2.25. The Labute approximate surface area is 145 Å². The van der Waals surface area contributed by atoms with E-state index in [1.807, 2.05) is 0 Å². The zero-order valence-corrected chi connectivity index (χ0v) is 14.9. The highest BCUT2D eigenvalue weighted by molar-refractivity contribution is 9.10. The van der Waals surface area contributed by atoms with Crippen LogP contribution in [0.25, 0.3) is 0 Å². The molecule has 1 aliphatic heterocycles. The number of carbonyl (C=O) groups excluding carboxylic acids is 1. The van der Waals surface area contributed by atoms with E-state index in [4.69, 9.17) is 0 Å². The van der Waals surface area contributed by atoms with Crippen LogP contribution in [0, 0.1) is 11.7 Å². The monoisotopic (exact) mass is 382 g/mol. The van der Waals surface area contributed by atoms with Gasteiger partial charge < -0.3 is 10.2 Å². The van der Waals surface area contributed by atoms with Gasteiger partial charge in [-0.05, 0) is 49.8 Å². The first-order chi connectivity index (χ1) is 11.1. The molecule has 2 fully saturated rings. The lowest BCUT2D eigenvalue weighted by atomic mass is 10.0. The predicted molar refractivity (Wildman–Crippen MR) is 93.0 cm³/mol. The van der Waals surface area contributed by atoms with Gasteiger partial charge in [-0.3, -0.25) is 4.79 Å². The van der Waals surface area contributed by atoms with Gasteiger partial charge in [0, 0.05) is 30.1 Å². The smallest absolute Gasteiger partial charge is 0.254 e. The summed E-state index contributed by atoms with van der Waals surface area (Å²) in [6, 6.07) is 4.72. The second kappa shape index (κ2) is 7.75. The second-order valence-electron chi connectivity index (χ2n) is 6.82. The van der Waals surface area contributed by atoms with Crippen molar-refractivity contribution in [2.24, 2.45) is 5.92 Å². The fraction of sp³-hybridized carbons (Fsp3) is 0.611. The van der Waals surface area contributed by atoms with E-state index in [1.165, 1.54) is 44.4 Å². The number of rotatable bonds is 4. The Kier molecular flexibility index (Phi) is 5.70. The summed E-state index contributed by atoms with van der Waals surface area (Å²) < 4.78 is 14.5. The Balaban J connectivity index is 1.47. The van der Waals surface area contributed by atoms with Gasteiger partial charge in [0.25, 0.3) is 5.91 Å². The van der Waals surface area contributed by atoms with Gasteiger partial charge in [-0.15, -0.1) is 0 Å². The van der Waals surface area contributed by atoms with E-state index < -0.39 is 5.82 Å². The van der Waals surface area contributed by atoms with Gasteiger partial charge in [0.2, 0.25) is 0 Å². The topological polar surface area (TPSA) is 32.3 Å². The third kappa shape index (κ3) is 4.54. The summed E-state index contributed by atoms with van der Waals surface area (Å²) in [6.07, 6.45) is 7.43. The SMILES string of the molecule is O=C(NC1CCN(CC2CCCC2)CC1)c1ccc(Br)cc1F. The van der Waals surface area contributed by atoms with Crippen molar-refractivity contribution in [3.63, 3.8) is 0 Å². The summed E-state index contributed by atoms with van der Waals surface area (Å²) in [5.41, 5.74) is 0.126. The normalized spacial score (nSPS) is 20.8. The molecule has 1 heterocycles. The standard InChI is InChI=1S/C18H24BrFN2O/c19-14-5-6-16(17(20)11-14)18(23)21-15-7-9-22(10-8-15)12-13-3-1-2-4-13/h5-6,11,13,15H,1-4,7-10,12H2,(H,21,23). The summed E-state index contributed by atoms with van der Waals surface area (Å²) in [5.74, 6) is 0.0952. The maximum absolute atomic E-state index is 13.8. The van der Waals surface area contributed by atoms with Gasteiger partial charge in [0.15, 0.2) is 0 Å². The number of carbonyl (C=O) groups is 1. The van der Waals surface area contributed by atoms with E-state index in [2.05, 4.69) is 26.1 Å². The summed E-state index contributed by atoms with van der Waals surface area (Å²) in [5, 5.41) is 2.99. The van der Waals surface area contributed by atoms with Gasteiger partial charge in [0.05, 0.1) is 5.56 Å². The first-order valence-electron chi connectivity index (χ1n) is 8.60. The van der Waals surface area contributed by atoms with E-state index in [1.54, 1.807) is 6.07 Å². The molecule has 1 saturated carbocycles. The molecule has 0 radical (unpaired) electrons. The van der Waals surface area contributed by atoms with Crippen molar-refractivity contribution in [1.29, 1.82) is 0 Å². The summed E-state index contributed by atoms with van der Waals surface area (Å²) in [7, 11) is 0. The fourth-order valence-electron chi connectivity index (χ4n) is 3.75. The molecule has 1 aromatic carbocycles. The molecule has 5 heteroatoms. The van der Waals surface area contributed by atoms with Crippen LogP contribution in [-0.4, -0.2) is 36.5 Å². The molecule has 0 unspecified atom stereocenters. The second-order valence-corrected chi connectivity index (χ2v) is 7.74. The predicted octanol–water partition coefficient (Wildman–Crippen LogP) is 3.97. The minimum Gasteiger partial charge on any atom is -0.349 e. The third-order valence-corrected chi connectivity index (χ3v) is 5.58. The van der Waals surface area contributed by atoms with Crippen LogP contribution in [0.5, 0.6) is 0 Å². The lowest BCUT2D eigenvalue weighted by molar-refractivity contribution is 0.0901. The quantitative estimate of drug-likeness (QED) is 0.853. The molecule has 126 valence electrons. The van der Waals surface area contributed by atoms with Crippen molar-refractivity contribution in [3.05, 3.63) is 34.1 Å². The number of halogens is 2. The summed E-state index contributed by atoms with van der Waals surface area (Å²) in [6.45, 7) is 3.27. The number of amides is 1. The Morgan fingerprint density at radius 3 is 2.57 bits per heavy atom. The average Bonchev–Trinajstić information content (AvgIpc) is 3.02. The molecule has 3 rings (SSSR count). The minimum absolute atomic E-state index is 0.126. The zero-order valence-electron chi connectivity index (χ0n) is 13.4. The largest absolute Gasteiger partial charge is 0.349 e. The molecule has 1 aliphatic carbocycles. The van der Waals surface area contributed by atoms with Crippen molar-refractivity contribution in [1.82, 2.24) is 10.2 Å². The first-order valence-corrected chi connectivity index (χ1v) is 9.39. The van der Waals surface area contributed by atoms with E-state index in [9.17, 15) is 9.18 Å². The third-order valence-electron chi connectivity index (χ3n) is 5.09. The lowest BCUT2D eigenvalue weighted by Crippen LogP contribution is -2.45. The molecular formula is C18H24BrFN2O. The highest BCUT2D eigenvalue weighted by atomic mass is 79.9. The van der Waals surface area contributed by atoms with Crippen LogP contribution in [0.15, 0.2) is 22.7 Å². The Morgan fingerprint density at radius 2 is 1.91 bits per heavy atom. The van der Waals surface area contributed by atoms with Crippen LogP contribution in [0.1, 0.15) is 48.9 Å². The highest BCUT2D eigenvalue weighted by Crippen LogP contribution is 2.26. The van der Waals surface area contributed by atoms with E-state index in [0.717, 1.165) is 31.8 Å². The molecule has 0 bridgehead atoms. The molecule has 2 aliphatic rings. The van der Waals surface area contributed by atoms with Crippen molar-refractivity contribution < 1.29 is 9.18 Å². The number of hydrogen-bond acceptors (Lipinski definition) is 2.